The van der Waals surface area contributed by atoms with Gasteiger partial charge in [-0.2, -0.15) is 0 Å². The minimum absolute atomic E-state index is 0.131. The summed E-state index contributed by atoms with van der Waals surface area (Å²) in [5, 5.41) is 9.91. The number of benzene rings is 1. The fourth-order valence-electron chi connectivity index (χ4n) is 0.808. The zero-order valence-corrected chi connectivity index (χ0v) is 6.69. The largest absolute Gasteiger partial charge is 0.508 e. The number of hydrogen-bond acceptors (Lipinski definition) is 3. The van der Waals surface area contributed by atoms with E-state index >= 15 is 0 Å². The maximum absolute atomic E-state index is 11.2. The molecular weight excluding hydrogens is 156 g/mol. The first-order valence-corrected chi connectivity index (χ1v) is 3.43. The SMILES string of the molecule is CN(N)C(=O)c1ccc(O)cc1. The van der Waals surface area contributed by atoms with Crippen molar-refractivity contribution >= 4 is 5.91 Å². The molecule has 4 nitrogen and oxygen atoms in total. The monoisotopic (exact) mass is 166 g/mol. The molecule has 0 aliphatic carbocycles. The fraction of sp³-hybridized carbons (Fsp3) is 0.125. The molecule has 0 atom stereocenters. The Hall–Kier alpha value is -1.55. The van der Waals surface area contributed by atoms with Gasteiger partial charge in [-0.15, -0.1) is 0 Å². The molecule has 0 aliphatic rings. The van der Waals surface area contributed by atoms with Gasteiger partial charge in [0.2, 0.25) is 0 Å². The summed E-state index contributed by atoms with van der Waals surface area (Å²) in [6, 6.07) is 5.91. The molecule has 4 heteroatoms. The van der Waals surface area contributed by atoms with Crippen molar-refractivity contribution in [1.82, 2.24) is 5.01 Å². The smallest absolute Gasteiger partial charge is 0.267 e. The van der Waals surface area contributed by atoms with Gasteiger partial charge in [-0.3, -0.25) is 9.80 Å². The summed E-state index contributed by atoms with van der Waals surface area (Å²) in [6.45, 7) is 0. The lowest BCUT2D eigenvalue weighted by molar-refractivity contribution is 0.0795. The van der Waals surface area contributed by atoms with Crippen molar-refractivity contribution in [3.63, 3.8) is 0 Å². The van der Waals surface area contributed by atoms with Crippen LogP contribution in [-0.4, -0.2) is 23.1 Å². The number of hydrogen-bond donors (Lipinski definition) is 2. The van der Waals surface area contributed by atoms with Crippen LogP contribution >= 0.6 is 0 Å². The van der Waals surface area contributed by atoms with Gasteiger partial charge in [0.1, 0.15) is 5.75 Å². The maximum atomic E-state index is 11.2. The van der Waals surface area contributed by atoms with Crippen molar-refractivity contribution < 1.29 is 9.90 Å². The number of phenolic OH excluding ortho intramolecular Hbond substituents is 1. The molecule has 1 aromatic carbocycles. The molecule has 0 unspecified atom stereocenters. The highest BCUT2D eigenvalue weighted by Crippen LogP contribution is 2.09. The fourth-order valence-corrected chi connectivity index (χ4v) is 0.808. The number of hydrazine groups is 1. The topological polar surface area (TPSA) is 66.6 Å². The van der Waals surface area contributed by atoms with E-state index < -0.39 is 0 Å². The molecular formula is C8H10N2O2. The molecule has 0 fully saturated rings. The van der Waals surface area contributed by atoms with E-state index in [-0.39, 0.29) is 11.7 Å². The average Bonchev–Trinajstić information content (AvgIpc) is 2.04. The minimum atomic E-state index is -0.282. The molecule has 0 saturated heterocycles. The number of aromatic hydroxyl groups is 1. The maximum Gasteiger partial charge on any atom is 0.267 e. The predicted molar refractivity (Wildman–Crippen MR) is 44.4 cm³/mol. The molecule has 12 heavy (non-hydrogen) atoms. The summed E-state index contributed by atoms with van der Waals surface area (Å²) in [5.41, 5.74) is 0.456. The molecule has 0 saturated carbocycles. The number of carbonyl (C=O) groups excluding carboxylic acids is 1. The van der Waals surface area contributed by atoms with Gasteiger partial charge in [-0.05, 0) is 24.3 Å². The van der Waals surface area contributed by atoms with Crippen molar-refractivity contribution in [1.29, 1.82) is 0 Å². The molecule has 0 aromatic heterocycles. The molecule has 1 amide bonds. The Morgan fingerprint density at radius 3 is 2.33 bits per heavy atom. The van der Waals surface area contributed by atoms with E-state index in [9.17, 15) is 4.79 Å². The van der Waals surface area contributed by atoms with Crippen LogP contribution in [0.1, 0.15) is 10.4 Å². The van der Waals surface area contributed by atoms with Crippen LogP contribution in [0.15, 0.2) is 24.3 Å². The van der Waals surface area contributed by atoms with E-state index in [1.807, 2.05) is 0 Å². The minimum Gasteiger partial charge on any atom is -0.508 e. The molecule has 64 valence electrons. The predicted octanol–water partition coefficient (Wildman–Crippen LogP) is 0.338. The van der Waals surface area contributed by atoms with Crippen LogP contribution in [-0.2, 0) is 0 Å². The number of nitrogens with zero attached hydrogens (tertiary/aromatic N) is 1. The average molecular weight is 166 g/mol. The first kappa shape index (κ1) is 8.55. The standard InChI is InChI=1S/C8H10N2O2/c1-10(9)8(12)6-2-4-7(11)5-3-6/h2-5,11H,9H2,1H3. The van der Waals surface area contributed by atoms with Gasteiger partial charge in [-0.25, -0.2) is 5.84 Å². The summed E-state index contributed by atoms with van der Waals surface area (Å²) in [5.74, 6) is 5.08. The third-order valence-corrected chi connectivity index (χ3v) is 1.43. The molecule has 3 N–H and O–H groups in total. The van der Waals surface area contributed by atoms with E-state index in [4.69, 9.17) is 10.9 Å². The lowest BCUT2D eigenvalue weighted by atomic mass is 10.2. The Labute approximate surface area is 70.2 Å². The van der Waals surface area contributed by atoms with Crippen molar-refractivity contribution in [2.75, 3.05) is 7.05 Å². The number of nitrogens with two attached hydrogens (primary N) is 1. The zero-order chi connectivity index (χ0) is 9.14. The second-order valence-corrected chi connectivity index (χ2v) is 2.46. The van der Waals surface area contributed by atoms with E-state index in [1.165, 1.54) is 31.3 Å². The van der Waals surface area contributed by atoms with Crippen LogP contribution in [0.3, 0.4) is 0 Å². The highest BCUT2D eigenvalue weighted by atomic mass is 16.3. The third-order valence-electron chi connectivity index (χ3n) is 1.43. The molecule has 1 aromatic rings. The molecule has 0 bridgehead atoms. The first-order chi connectivity index (χ1) is 5.61. The van der Waals surface area contributed by atoms with Crippen molar-refractivity contribution in [2.45, 2.75) is 0 Å². The Bertz CT molecular complexity index is 280. The van der Waals surface area contributed by atoms with Crippen molar-refractivity contribution in [3.05, 3.63) is 29.8 Å². The summed E-state index contributed by atoms with van der Waals surface area (Å²) >= 11 is 0. The third kappa shape index (κ3) is 1.73. The number of rotatable bonds is 1. The summed E-state index contributed by atoms with van der Waals surface area (Å²) in [6.07, 6.45) is 0. The highest BCUT2D eigenvalue weighted by molar-refractivity contribution is 5.93. The van der Waals surface area contributed by atoms with Gasteiger partial charge >= 0.3 is 0 Å². The molecule has 0 heterocycles. The normalized spacial score (nSPS) is 9.50. The van der Waals surface area contributed by atoms with E-state index in [0.717, 1.165) is 5.01 Å². The van der Waals surface area contributed by atoms with Crippen molar-refractivity contribution in [2.24, 2.45) is 5.84 Å². The van der Waals surface area contributed by atoms with Crippen LogP contribution in [0.2, 0.25) is 0 Å². The Morgan fingerprint density at radius 2 is 1.92 bits per heavy atom. The van der Waals surface area contributed by atoms with Crippen molar-refractivity contribution in [3.8, 4) is 5.75 Å². The lowest BCUT2D eigenvalue weighted by Crippen LogP contribution is -2.32. The summed E-state index contributed by atoms with van der Waals surface area (Å²) in [7, 11) is 1.47. The quantitative estimate of drug-likeness (QED) is 0.359. The van der Waals surface area contributed by atoms with E-state index in [0.29, 0.717) is 5.56 Å². The van der Waals surface area contributed by atoms with Crippen LogP contribution < -0.4 is 5.84 Å². The van der Waals surface area contributed by atoms with Gasteiger partial charge in [0.25, 0.3) is 5.91 Å². The summed E-state index contributed by atoms with van der Waals surface area (Å²) < 4.78 is 0. The molecule has 1 rings (SSSR count). The Balaban J connectivity index is 2.90. The van der Waals surface area contributed by atoms with Gasteiger partial charge in [0.05, 0.1) is 0 Å². The van der Waals surface area contributed by atoms with Crippen LogP contribution in [0.25, 0.3) is 0 Å². The van der Waals surface area contributed by atoms with E-state index in [2.05, 4.69) is 0 Å². The Morgan fingerprint density at radius 1 is 1.42 bits per heavy atom. The zero-order valence-electron chi connectivity index (χ0n) is 6.69. The number of amides is 1. The second-order valence-electron chi connectivity index (χ2n) is 2.46. The van der Waals surface area contributed by atoms with Crippen LogP contribution in [0.5, 0.6) is 5.75 Å². The molecule has 0 radical (unpaired) electrons. The van der Waals surface area contributed by atoms with Crippen LogP contribution in [0.4, 0.5) is 0 Å². The van der Waals surface area contributed by atoms with Crippen LogP contribution in [0, 0.1) is 0 Å². The molecule has 0 aliphatic heterocycles. The highest BCUT2D eigenvalue weighted by Gasteiger charge is 2.06. The van der Waals surface area contributed by atoms with Gasteiger partial charge in [-0.1, -0.05) is 0 Å². The van der Waals surface area contributed by atoms with Gasteiger partial charge in [0, 0.05) is 12.6 Å². The van der Waals surface area contributed by atoms with Gasteiger partial charge in [0.15, 0.2) is 0 Å². The number of carbonyl (C=O) groups is 1. The lowest BCUT2D eigenvalue weighted by Gasteiger charge is -2.08. The van der Waals surface area contributed by atoms with E-state index in [1.54, 1.807) is 0 Å². The van der Waals surface area contributed by atoms with Gasteiger partial charge < -0.3 is 5.11 Å². The second kappa shape index (κ2) is 3.23. The first-order valence-electron chi connectivity index (χ1n) is 3.43. The Kier molecular flexibility index (Phi) is 2.30. The summed E-state index contributed by atoms with van der Waals surface area (Å²) in [4.78, 5) is 11.2. The number of phenols is 1. The molecule has 0 spiro atoms.